The van der Waals surface area contributed by atoms with Crippen molar-refractivity contribution in [1.29, 1.82) is 5.26 Å². The Bertz CT molecular complexity index is 979. The summed E-state index contributed by atoms with van der Waals surface area (Å²) in [5.41, 5.74) is 5.17. The third kappa shape index (κ3) is 4.24. The fourth-order valence-electron chi connectivity index (χ4n) is 3.54. The zero-order chi connectivity index (χ0) is 19.3. The average Bonchev–Trinajstić information content (AvgIpc) is 3.17. The number of nitriles is 1. The number of rotatable bonds is 6. The van der Waals surface area contributed by atoms with Gasteiger partial charge in [-0.2, -0.15) is 5.26 Å². The number of ether oxygens (including phenoxy) is 2. The molecule has 2 aromatic carbocycles. The van der Waals surface area contributed by atoms with Gasteiger partial charge in [-0.1, -0.05) is 12.1 Å². The van der Waals surface area contributed by atoms with Crippen molar-refractivity contribution in [3.8, 4) is 17.5 Å². The van der Waals surface area contributed by atoms with Gasteiger partial charge in [0, 0.05) is 12.2 Å². The highest BCUT2D eigenvalue weighted by Crippen LogP contribution is 2.27. The summed E-state index contributed by atoms with van der Waals surface area (Å²) in [5.74, 6) is 0.581. The van der Waals surface area contributed by atoms with Crippen molar-refractivity contribution in [3.05, 3.63) is 53.1 Å². The molecule has 1 aliphatic rings. The van der Waals surface area contributed by atoms with Crippen LogP contribution in [0.2, 0.25) is 0 Å². The van der Waals surface area contributed by atoms with Gasteiger partial charge in [-0.25, -0.2) is 4.98 Å². The second-order valence-electron chi connectivity index (χ2n) is 7.24. The molecule has 0 amide bonds. The number of hydrogen-bond donors (Lipinski definition) is 0. The van der Waals surface area contributed by atoms with Crippen LogP contribution in [-0.2, 0) is 15.9 Å². The summed E-state index contributed by atoms with van der Waals surface area (Å²) in [5, 5.41) is 9.11. The second kappa shape index (κ2) is 8.55. The molecule has 0 radical (unpaired) electrons. The molecule has 1 saturated heterocycles. The lowest BCUT2D eigenvalue weighted by Gasteiger charge is -2.22. The summed E-state index contributed by atoms with van der Waals surface area (Å²) in [4.78, 5) is 4.56. The van der Waals surface area contributed by atoms with Gasteiger partial charge in [0.05, 0.1) is 18.2 Å². The van der Waals surface area contributed by atoms with Gasteiger partial charge in [0.25, 0.3) is 0 Å². The minimum Gasteiger partial charge on any atom is -0.436 e. The Morgan fingerprint density at radius 2 is 2.07 bits per heavy atom. The summed E-state index contributed by atoms with van der Waals surface area (Å²) in [6, 6.07) is 14.0. The highest BCUT2D eigenvalue weighted by molar-refractivity contribution is 5.80. The molecule has 5 nitrogen and oxygen atoms in total. The molecule has 144 valence electrons. The van der Waals surface area contributed by atoms with E-state index in [4.69, 9.17) is 19.2 Å². The molecule has 0 saturated carbocycles. The predicted octanol–water partition coefficient (Wildman–Crippen LogP) is 5.15. The summed E-state index contributed by atoms with van der Waals surface area (Å²) in [6.07, 6.45) is 5.27. The number of hydrogen-bond acceptors (Lipinski definition) is 5. The van der Waals surface area contributed by atoms with Crippen LogP contribution in [0.1, 0.15) is 42.4 Å². The highest BCUT2D eigenvalue weighted by Gasteiger charge is 2.14. The largest absolute Gasteiger partial charge is 0.436 e. The first-order valence-corrected chi connectivity index (χ1v) is 9.87. The van der Waals surface area contributed by atoms with Crippen LogP contribution in [0.3, 0.4) is 0 Å². The zero-order valence-electron chi connectivity index (χ0n) is 16.1. The molecule has 4 rings (SSSR count). The van der Waals surface area contributed by atoms with Gasteiger partial charge in [0.1, 0.15) is 5.52 Å². The van der Waals surface area contributed by atoms with E-state index in [0.717, 1.165) is 61.1 Å². The fourth-order valence-corrected chi connectivity index (χ4v) is 3.54. The molecule has 0 bridgehead atoms. The molecule has 1 aliphatic heterocycles. The first kappa shape index (κ1) is 18.7. The Labute approximate surface area is 164 Å². The summed E-state index contributed by atoms with van der Waals surface area (Å²) in [6.45, 7) is 3.47. The smallest absolute Gasteiger partial charge is 0.227 e. The predicted molar refractivity (Wildman–Crippen MR) is 107 cm³/mol. The molecule has 28 heavy (non-hydrogen) atoms. The van der Waals surface area contributed by atoms with Gasteiger partial charge < -0.3 is 13.9 Å². The maximum absolute atomic E-state index is 9.11. The van der Waals surface area contributed by atoms with E-state index < -0.39 is 0 Å². The van der Waals surface area contributed by atoms with Crippen LogP contribution < -0.4 is 0 Å². The lowest BCUT2D eigenvalue weighted by atomic mass is 10.1. The number of nitrogens with zero attached hydrogens (tertiary/aromatic N) is 2. The van der Waals surface area contributed by atoms with Gasteiger partial charge in [0.15, 0.2) is 11.9 Å². The van der Waals surface area contributed by atoms with E-state index in [-0.39, 0.29) is 6.29 Å². The molecule has 2 heterocycles. The van der Waals surface area contributed by atoms with Crippen LogP contribution in [-0.4, -0.2) is 24.5 Å². The van der Waals surface area contributed by atoms with Gasteiger partial charge >= 0.3 is 0 Å². The fraction of sp³-hybridized carbons (Fsp3) is 0.391. The van der Waals surface area contributed by atoms with E-state index >= 15 is 0 Å². The lowest BCUT2D eigenvalue weighted by Crippen LogP contribution is -2.22. The average molecular weight is 376 g/mol. The molecule has 1 fully saturated rings. The van der Waals surface area contributed by atoms with Crippen LogP contribution >= 0.6 is 0 Å². The Morgan fingerprint density at radius 3 is 2.82 bits per heavy atom. The minimum atomic E-state index is -0.0136. The van der Waals surface area contributed by atoms with Crippen molar-refractivity contribution in [3.63, 3.8) is 0 Å². The maximum Gasteiger partial charge on any atom is 0.227 e. The minimum absolute atomic E-state index is 0.0136. The molecule has 1 unspecified atom stereocenters. The van der Waals surface area contributed by atoms with Crippen LogP contribution in [0.5, 0.6) is 0 Å². The molecular weight excluding hydrogens is 352 g/mol. The molecule has 1 aromatic heterocycles. The van der Waals surface area contributed by atoms with Gasteiger partial charge in [0.2, 0.25) is 5.89 Å². The standard InChI is InChI=1S/C23H24N2O3/c1-16-13-18(15-24)14-20-22(16)28-23(25-20)19-9-7-17(8-10-19)5-4-12-27-21-6-2-3-11-26-21/h7-10,13-14,21H,2-6,11-12H2,1H3. The first-order valence-electron chi connectivity index (χ1n) is 9.87. The monoisotopic (exact) mass is 376 g/mol. The van der Waals surface area contributed by atoms with E-state index in [1.807, 2.05) is 25.1 Å². The topological polar surface area (TPSA) is 68.3 Å². The van der Waals surface area contributed by atoms with E-state index in [1.165, 1.54) is 12.0 Å². The number of fused-ring (bicyclic) bond motifs is 1. The van der Waals surface area contributed by atoms with Gasteiger partial charge in [-0.05, 0) is 74.4 Å². The maximum atomic E-state index is 9.11. The quantitative estimate of drug-likeness (QED) is 0.557. The molecule has 0 N–H and O–H groups in total. The summed E-state index contributed by atoms with van der Waals surface area (Å²) in [7, 11) is 0. The van der Waals surface area contributed by atoms with E-state index in [1.54, 1.807) is 6.07 Å². The Kier molecular flexibility index (Phi) is 5.70. The number of aromatic nitrogens is 1. The van der Waals surface area contributed by atoms with Crippen molar-refractivity contribution in [2.24, 2.45) is 0 Å². The van der Waals surface area contributed by atoms with E-state index in [9.17, 15) is 0 Å². The third-order valence-electron chi connectivity index (χ3n) is 5.06. The van der Waals surface area contributed by atoms with Crippen LogP contribution in [0.15, 0.2) is 40.8 Å². The third-order valence-corrected chi connectivity index (χ3v) is 5.06. The van der Waals surface area contributed by atoms with Crippen LogP contribution in [0.25, 0.3) is 22.6 Å². The number of aryl methyl sites for hydroxylation is 2. The van der Waals surface area contributed by atoms with Crippen molar-refractivity contribution in [2.45, 2.75) is 45.3 Å². The van der Waals surface area contributed by atoms with Gasteiger partial charge in [-0.3, -0.25) is 0 Å². The van der Waals surface area contributed by atoms with Crippen molar-refractivity contribution in [2.75, 3.05) is 13.2 Å². The second-order valence-corrected chi connectivity index (χ2v) is 7.24. The van der Waals surface area contributed by atoms with Crippen LogP contribution in [0, 0.1) is 18.3 Å². The summed E-state index contributed by atoms with van der Waals surface area (Å²) < 4.78 is 17.3. The number of benzene rings is 2. The van der Waals surface area contributed by atoms with Crippen molar-refractivity contribution < 1.29 is 13.9 Å². The molecule has 0 spiro atoms. The molecule has 5 heteroatoms. The number of oxazole rings is 1. The van der Waals surface area contributed by atoms with E-state index in [2.05, 4.69) is 23.2 Å². The normalized spacial score (nSPS) is 16.9. The van der Waals surface area contributed by atoms with Crippen molar-refractivity contribution in [1.82, 2.24) is 4.98 Å². The molecule has 1 atom stereocenters. The van der Waals surface area contributed by atoms with E-state index in [0.29, 0.717) is 11.5 Å². The Balaban J connectivity index is 1.37. The zero-order valence-corrected chi connectivity index (χ0v) is 16.1. The SMILES string of the molecule is Cc1cc(C#N)cc2nc(-c3ccc(CCCOC4CCCCO4)cc3)oc12. The lowest BCUT2D eigenvalue weighted by molar-refractivity contribution is -0.162. The first-order chi connectivity index (χ1) is 13.7. The van der Waals surface area contributed by atoms with Crippen molar-refractivity contribution >= 4 is 11.1 Å². The molecule has 3 aromatic rings. The Hall–Kier alpha value is -2.68. The molecular formula is C23H24N2O3. The van der Waals surface area contributed by atoms with Crippen LogP contribution in [0.4, 0.5) is 0 Å². The Morgan fingerprint density at radius 1 is 1.21 bits per heavy atom. The van der Waals surface area contributed by atoms with Gasteiger partial charge in [-0.15, -0.1) is 0 Å². The summed E-state index contributed by atoms with van der Waals surface area (Å²) >= 11 is 0. The molecule has 0 aliphatic carbocycles. The highest BCUT2D eigenvalue weighted by atomic mass is 16.7.